The van der Waals surface area contributed by atoms with E-state index >= 15 is 0 Å². The molecular formula is C20H21N5O2. The first-order chi connectivity index (χ1) is 13.2. The second kappa shape index (κ2) is 7.49. The first-order valence-electron chi connectivity index (χ1n) is 8.98. The molecule has 1 aliphatic heterocycles. The van der Waals surface area contributed by atoms with Crippen LogP contribution in [-0.4, -0.2) is 53.4 Å². The maximum Gasteiger partial charge on any atom is 0.228 e. The van der Waals surface area contributed by atoms with Gasteiger partial charge in [-0.2, -0.15) is 0 Å². The molecule has 1 aliphatic rings. The highest BCUT2D eigenvalue weighted by Crippen LogP contribution is 2.19. The molecule has 1 fully saturated rings. The molecule has 0 bridgehead atoms. The van der Waals surface area contributed by atoms with Gasteiger partial charge < -0.3 is 20.1 Å². The van der Waals surface area contributed by atoms with Gasteiger partial charge in [0.1, 0.15) is 5.82 Å². The summed E-state index contributed by atoms with van der Waals surface area (Å²) in [6, 6.07) is 11.7. The van der Waals surface area contributed by atoms with Gasteiger partial charge >= 0.3 is 0 Å². The zero-order valence-corrected chi connectivity index (χ0v) is 14.9. The van der Waals surface area contributed by atoms with E-state index in [2.05, 4.69) is 20.2 Å². The lowest BCUT2D eigenvalue weighted by molar-refractivity contribution is -0.118. The zero-order chi connectivity index (χ0) is 18.6. The molecule has 0 unspecified atom stereocenters. The third-order valence-electron chi connectivity index (χ3n) is 4.84. The average molecular weight is 363 g/mol. The highest BCUT2D eigenvalue weighted by molar-refractivity contribution is 5.95. The molecule has 2 amide bonds. The normalized spacial score (nSPS) is 14.4. The summed E-state index contributed by atoms with van der Waals surface area (Å²) in [6.45, 7) is 2.93. The van der Waals surface area contributed by atoms with E-state index in [0.29, 0.717) is 25.2 Å². The predicted molar refractivity (Wildman–Crippen MR) is 105 cm³/mol. The second-order valence-corrected chi connectivity index (χ2v) is 6.62. The number of hydrogen-bond acceptors (Lipinski definition) is 4. The molecule has 0 radical (unpaired) electrons. The fourth-order valence-corrected chi connectivity index (χ4v) is 3.36. The van der Waals surface area contributed by atoms with Gasteiger partial charge in [0, 0.05) is 43.3 Å². The Labute approximate surface area is 157 Å². The van der Waals surface area contributed by atoms with Gasteiger partial charge in [0.05, 0.1) is 18.3 Å². The molecule has 0 spiro atoms. The molecule has 0 saturated carbocycles. The van der Waals surface area contributed by atoms with Crippen molar-refractivity contribution in [2.75, 3.05) is 36.4 Å². The van der Waals surface area contributed by atoms with Gasteiger partial charge in [-0.1, -0.05) is 18.2 Å². The Bertz CT molecular complexity index is 942. The first-order valence-corrected chi connectivity index (χ1v) is 8.98. The van der Waals surface area contributed by atoms with Crippen molar-refractivity contribution >= 4 is 34.7 Å². The van der Waals surface area contributed by atoms with Crippen LogP contribution in [0.25, 0.3) is 10.9 Å². The van der Waals surface area contributed by atoms with Gasteiger partial charge in [-0.3, -0.25) is 9.59 Å². The van der Waals surface area contributed by atoms with E-state index in [-0.39, 0.29) is 5.91 Å². The van der Waals surface area contributed by atoms with Crippen LogP contribution in [0.2, 0.25) is 0 Å². The lowest BCUT2D eigenvalue weighted by Crippen LogP contribution is -2.46. The molecule has 1 saturated heterocycles. The van der Waals surface area contributed by atoms with Crippen molar-refractivity contribution in [1.82, 2.24) is 14.9 Å². The number of H-pyrrole nitrogens is 1. The van der Waals surface area contributed by atoms with Gasteiger partial charge in [0.25, 0.3) is 0 Å². The fraction of sp³-hybridized carbons (Fsp3) is 0.250. The smallest absolute Gasteiger partial charge is 0.228 e. The van der Waals surface area contributed by atoms with Gasteiger partial charge in [-0.25, -0.2) is 4.98 Å². The van der Waals surface area contributed by atoms with Crippen LogP contribution in [0.1, 0.15) is 5.56 Å². The summed E-state index contributed by atoms with van der Waals surface area (Å²) in [4.78, 5) is 34.7. The van der Waals surface area contributed by atoms with E-state index in [1.165, 1.54) is 0 Å². The number of benzene rings is 1. The highest BCUT2D eigenvalue weighted by Gasteiger charge is 2.16. The molecule has 0 aliphatic carbocycles. The number of nitrogens with zero attached hydrogens (tertiary/aromatic N) is 3. The number of aromatic amines is 1. The van der Waals surface area contributed by atoms with Crippen molar-refractivity contribution in [3.8, 4) is 0 Å². The summed E-state index contributed by atoms with van der Waals surface area (Å²) >= 11 is 0. The molecule has 7 heteroatoms. The van der Waals surface area contributed by atoms with Gasteiger partial charge in [0.15, 0.2) is 0 Å². The summed E-state index contributed by atoms with van der Waals surface area (Å²) < 4.78 is 0. The molecule has 2 aromatic heterocycles. The number of fused-ring (bicyclic) bond motifs is 1. The molecule has 3 heterocycles. The van der Waals surface area contributed by atoms with Crippen molar-refractivity contribution in [1.29, 1.82) is 0 Å². The Balaban J connectivity index is 1.37. The van der Waals surface area contributed by atoms with Crippen LogP contribution in [-0.2, 0) is 16.0 Å². The van der Waals surface area contributed by atoms with Crippen LogP contribution in [0, 0.1) is 0 Å². The molecular weight excluding hydrogens is 342 g/mol. The number of carbonyl (C=O) groups is 2. The van der Waals surface area contributed by atoms with Crippen LogP contribution in [0.4, 0.5) is 11.5 Å². The summed E-state index contributed by atoms with van der Waals surface area (Å²) in [5, 5.41) is 3.97. The Morgan fingerprint density at radius 1 is 1.15 bits per heavy atom. The number of pyridine rings is 1. The molecule has 4 rings (SSSR count). The average Bonchev–Trinajstić information content (AvgIpc) is 3.11. The number of anilines is 2. The van der Waals surface area contributed by atoms with Crippen LogP contribution < -0.4 is 10.2 Å². The minimum absolute atomic E-state index is 0.0751. The Kier molecular flexibility index (Phi) is 4.74. The quantitative estimate of drug-likeness (QED) is 0.680. The number of aromatic nitrogens is 2. The standard InChI is InChI=1S/C20H21N5O2/c26-14-24-7-9-25(10-8-24)19-6-5-16(13-22-19)23-20(27)11-15-12-21-18-4-2-1-3-17(15)18/h1-6,12-14,21H,7-11H2,(H,23,27). The minimum Gasteiger partial charge on any atom is -0.361 e. The van der Waals surface area contributed by atoms with Crippen molar-refractivity contribution in [3.63, 3.8) is 0 Å². The molecule has 7 nitrogen and oxygen atoms in total. The van der Waals surface area contributed by atoms with Crippen LogP contribution in [0.3, 0.4) is 0 Å². The van der Waals surface area contributed by atoms with E-state index in [9.17, 15) is 9.59 Å². The number of piperazine rings is 1. The Hall–Kier alpha value is -3.35. The summed E-state index contributed by atoms with van der Waals surface area (Å²) in [6.07, 6.45) is 4.75. The van der Waals surface area contributed by atoms with E-state index < -0.39 is 0 Å². The monoisotopic (exact) mass is 363 g/mol. The molecule has 3 aromatic rings. The third-order valence-corrected chi connectivity index (χ3v) is 4.84. The maximum absolute atomic E-state index is 12.4. The number of rotatable bonds is 5. The van der Waals surface area contributed by atoms with Crippen molar-refractivity contribution in [2.24, 2.45) is 0 Å². The van der Waals surface area contributed by atoms with Crippen molar-refractivity contribution in [2.45, 2.75) is 6.42 Å². The van der Waals surface area contributed by atoms with Gasteiger partial charge in [0.2, 0.25) is 12.3 Å². The number of amides is 2. The van der Waals surface area contributed by atoms with E-state index in [0.717, 1.165) is 41.8 Å². The molecule has 0 atom stereocenters. The first kappa shape index (κ1) is 17.1. The van der Waals surface area contributed by atoms with Crippen molar-refractivity contribution < 1.29 is 9.59 Å². The largest absolute Gasteiger partial charge is 0.361 e. The zero-order valence-electron chi connectivity index (χ0n) is 14.9. The topological polar surface area (TPSA) is 81.3 Å². The predicted octanol–water partition coefficient (Wildman–Crippen LogP) is 2.02. The number of carbonyl (C=O) groups excluding carboxylic acids is 2. The second-order valence-electron chi connectivity index (χ2n) is 6.62. The van der Waals surface area contributed by atoms with Gasteiger partial charge in [-0.05, 0) is 23.8 Å². The van der Waals surface area contributed by atoms with E-state index in [1.807, 2.05) is 42.6 Å². The van der Waals surface area contributed by atoms with E-state index in [1.54, 1.807) is 11.1 Å². The van der Waals surface area contributed by atoms with E-state index in [4.69, 9.17) is 0 Å². The fourth-order valence-electron chi connectivity index (χ4n) is 3.36. The lowest BCUT2D eigenvalue weighted by Gasteiger charge is -2.33. The maximum atomic E-state index is 12.4. The summed E-state index contributed by atoms with van der Waals surface area (Å²) in [5.41, 5.74) is 2.68. The van der Waals surface area contributed by atoms with Crippen molar-refractivity contribution in [3.05, 3.63) is 54.4 Å². The van der Waals surface area contributed by atoms with Crippen LogP contribution in [0.15, 0.2) is 48.8 Å². The van der Waals surface area contributed by atoms with Crippen LogP contribution >= 0.6 is 0 Å². The molecule has 2 N–H and O–H groups in total. The molecule has 27 heavy (non-hydrogen) atoms. The SMILES string of the molecule is O=CN1CCN(c2ccc(NC(=O)Cc3c[nH]c4ccccc34)cn2)CC1. The Morgan fingerprint density at radius 3 is 2.70 bits per heavy atom. The Morgan fingerprint density at radius 2 is 1.96 bits per heavy atom. The molecule has 1 aromatic carbocycles. The number of hydrogen-bond donors (Lipinski definition) is 2. The summed E-state index contributed by atoms with van der Waals surface area (Å²) in [5.74, 6) is 0.782. The van der Waals surface area contributed by atoms with Gasteiger partial charge in [-0.15, -0.1) is 0 Å². The highest BCUT2D eigenvalue weighted by atomic mass is 16.1. The minimum atomic E-state index is -0.0751. The van der Waals surface area contributed by atoms with Crippen LogP contribution in [0.5, 0.6) is 0 Å². The third kappa shape index (κ3) is 3.76. The summed E-state index contributed by atoms with van der Waals surface area (Å²) in [7, 11) is 0. The lowest BCUT2D eigenvalue weighted by atomic mass is 10.1. The molecule has 138 valence electrons. The number of nitrogens with one attached hydrogen (secondary N) is 2. The number of para-hydroxylation sites is 1.